The molecule has 3 N–H and O–H groups in total. The summed E-state index contributed by atoms with van der Waals surface area (Å²) in [6.07, 6.45) is 5.13. The van der Waals surface area contributed by atoms with E-state index in [9.17, 15) is 4.79 Å². The highest BCUT2D eigenvalue weighted by molar-refractivity contribution is 6.30. The van der Waals surface area contributed by atoms with Gasteiger partial charge in [-0.25, -0.2) is 4.98 Å². The molecule has 0 aliphatic rings. The maximum absolute atomic E-state index is 12.3. The monoisotopic (exact) mass is 447 g/mol. The molecule has 8 nitrogen and oxygen atoms in total. The summed E-state index contributed by atoms with van der Waals surface area (Å²) >= 11 is 5.89. The lowest BCUT2D eigenvalue weighted by Crippen LogP contribution is -2.29. The number of rotatable bonds is 9. The van der Waals surface area contributed by atoms with Crippen molar-refractivity contribution in [3.05, 3.63) is 95.5 Å². The molecule has 4 rings (SSSR count). The van der Waals surface area contributed by atoms with Crippen LogP contribution in [0.5, 0.6) is 0 Å². The molecule has 0 atom stereocenters. The van der Waals surface area contributed by atoms with Crippen LogP contribution in [0.3, 0.4) is 0 Å². The number of nitrogens with zero attached hydrogens (tertiary/aromatic N) is 4. The predicted octanol–water partition coefficient (Wildman–Crippen LogP) is 3.66. The fraction of sp³-hybridized carbons (Fsp3) is 0.130. The second kappa shape index (κ2) is 10.4. The summed E-state index contributed by atoms with van der Waals surface area (Å²) in [4.78, 5) is 25.4. The molecule has 32 heavy (non-hydrogen) atoms. The van der Waals surface area contributed by atoms with Crippen LogP contribution < -0.4 is 16.0 Å². The lowest BCUT2D eigenvalue weighted by atomic mass is 10.2. The van der Waals surface area contributed by atoms with E-state index in [1.807, 2.05) is 42.5 Å². The molecule has 0 saturated carbocycles. The minimum atomic E-state index is -0.151. The molecule has 0 bridgehead atoms. The molecule has 162 valence electrons. The number of hydrogen-bond donors (Lipinski definition) is 3. The van der Waals surface area contributed by atoms with Crippen molar-refractivity contribution in [2.24, 2.45) is 0 Å². The fourth-order valence-electron chi connectivity index (χ4n) is 2.94. The summed E-state index contributed by atoms with van der Waals surface area (Å²) in [5, 5.41) is 9.84. The van der Waals surface area contributed by atoms with E-state index >= 15 is 0 Å². The summed E-state index contributed by atoms with van der Waals surface area (Å²) in [6, 6.07) is 19.1. The van der Waals surface area contributed by atoms with Crippen LogP contribution in [-0.4, -0.2) is 32.0 Å². The molecule has 0 unspecified atom stereocenters. The molecule has 1 amide bonds. The first-order valence-corrected chi connectivity index (χ1v) is 10.4. The van der Waals surface area contributed by atoms with Gasteiger partial charge in [-0.1, -0.05) is 54.1 Å². The molecular weight excluding hydrogens is 426 g/mol. The third-order valence-electron chi connectivity index (χ3n) is 4.61. The van der Waals surface area contributed by atoms with Crippen LogP contribution in [0.25, 0.3) is 5.82 Å². The quantitative estimate of drug-likeness (QED) is 0.362. The number of imidazole rings is 1. The van der Waals surface area contributed by atoms with Gasteiger partial charge >= 0.3 is 0 Å². The molecule has 2 aromatic heterocycles. The van der Waals surface area contributed by atoms with Gasteiger partial charge in [-0.05, 0) is 23.3 Å². The zero-order valence-corrected chi connectivity index (χ0v) is 18.0. The van der Waals surface area contributed by atoms with Crippen molar-refractivity contribution in [1.82, 2.24) is 24.8 Å². The van der Waals surface area contributed by atoms with Crippen LogP contribution in [0.2, 0.25) is 5.02 Å². The van der Waals surface area contributed by atoms with Gasteiger partial charge in [-0.2, -0.15) is 9.97 Å². The van der Waals surface area contributed by atoms with Gasteiger partial charge in [0.05, 0.1) is 6.54 Å². The van der Waals surface area contributed by atoms with Gasteiger partial charge in [-0.15, -0.1) is 0 Å². The van der Waals surface area contributed by atoms with Gasteiger partial charge in [-0.3, -0.25) is 9.36 Å². The van der Waals surface area contributed by atoms with E-state index in [2.05, 4.69) is 30.9 Å². The van der Waals surface area contributed by atoms with Crippen LogP contribution in [0.15, 0.2) is 79.4 Å². The van der Waals surface area contributed by atoms with Crippen molar-refractivity contribution in [1.29, 1.82) is 0 Å². The summed E-state index contributed by atoms with van der Waals surface area (Å²) in [5.74, 6) is 1.46. The molecule has 2 aromatic carbocycles. The number of carbonyl (C=O) groups is 1. The maximum atomic E-state index is 12.3. The van der Waals surface area contributed by atoms with Crippen molar-refractivity contribution in [2.45, 2.75) is 13.1 Å². The van der Waals surface area contributed by atoms with Crippen LogP contribution in [0.4, 0.5) is 11.8 Å². The van der Waals surface area contributed by atoms with Crippen LogP contribution in [-0.2, 0) is 17.9 Å². The number of amides is 1. The molecule has 0 aliphatic carbocycles. The van der Waals surface area contributed by atoms with E-state index in [0.29, 0.717) is 35.7 Å². The standard InChI is InChI=1S/C23H22ClN7O/c24-19-8-6-18(7-9-19)13-27-22(32)15-26-20-12-21(31-11-10-25-16-31)30-23(29-20)28-14-17-4-2-1-3-5-17/h1-12,16H,13-15H2,(H,27,32)(H2,26,28,29,30). The van der Waals surface area contributed by atoms with E-state index in [0.717, 1.165) is 11.1 Å². The molecule has 0 aliphatic heterocycles. The van der Waals surface area contributed by atoms with Gasteiger partial charge in [0.25, 0.3) is 0 Å². The molecule has 2 heterocycles. The minimum absolute atomic E-state index is 0.0755. The van der Waals surface area contributed by atoms with Crippen LogP contribution >= 0.6 is 11.6 Å². The first-order valence-electron chi connectivity index (χ1n) is 10.1. The van der Waals surface area contributed by atoms with Crippen molar-refractivity contribution < 1.29 is 4.79 Å². The maximum Gasteiger partial charge on any atom is 0.239 e. The zero-order valence-electron chi connectivity index (χ0n) is 17.2. The Morgan fingerprint density at radius 2 is 1.72 bits per heavy atom. The Morgan fingerprint density at radius 1 is 0.938 bits per heavy atom. The Kier molecular flexibility index (Phi) is 6.94. The Hall–Kier alpha value is -3.91. The fourth-order valence-corrected chi connectivity index (χ4v) is 3.07. The number of benzene rings is 2. The van der Waals surface area contributed by atoms with Crippen molar-refractivity contribution in [3.8, 4) is 5.82 Å². The second-order valence-electron chi connectivity index (χ2n) is 7.00. The predicted molar refractivity (Wildman–Crippen MR) is 125 cm³/mol. The highest BCUT2D eigenvalue weighted by Gasteiger charge is 2.08. The summed E-state index contributed by atoms with van der Waals surface area (Å²) < 4.78 is 1.78. The number of halogens is 1. The van der Waals surface area contributed by atoms with E-state index in [1.165, 1.54) is 0 Å². The molecule has 4 aromatic rings. The van der Waals surface area contributed by atoms with E-state index < -0.39 is 0 Å². The summed E-state index contributed by atoms with van der Waals surface area (Å²) in [6.45, 7) is 1.08. The number of nitrogens with one attached hydrogen (secondary N) is 3. The van der Waals surface area contributed by atoms with Crippen molar-refractivity contribution in [3.63, 3.8) is 0 Å². The largest absolute Gasteiger partial charge is 0.361 e. The Morgan fingerprint density at radius 3 is 2.47 bits per heavy atom. The average Bonchev–Trinajstić information content (AvgIpc) is 3.37. The highest BCUT2D eigenvalue weighted by Crippen LogP contribution is 2.15. The second-order valence-corrected chi connectivity index (χ2v) is 7.44. The number of anilines is 2. The lowest BCUT2D eigenvalue weighted by Gasteiger charge is -2.12. The third-order valence-corrected chi connectivity index (χ3v) is 4.86. The Labute approximate surface area is 190 Å². The van der Waals surface area contributed by atoms with Gasteiger partial charge < -0.3 is 16.0 Å². The van der Waals surface area contributed by atoms with Crippen LogP contribution in [0.1, 0.15) is 11.1 Å². The van der Waals surface area contributed by atoms with Gasteiger partial charge in [0.2, 0.25) is 11.9 Å². The van der Waals surface area contributed by atoms with Crippen molar-refractivity contribution in [2.75, 3.05) is 17.2 Å². The van der Waals surface area contributed by atoms with Crippen LogP contribution in [0, 0.1) is 0 Å². The van der Waals surface area contributed by atoms with E-state index in [4.69, 9.17) is 11.6 Å². The highest BCUT2D eigenvalue weighted by atomic mass is 35.5. The Balaban J connectivity index is 1.40. The molecule has 9 heteroatoms. The number of hydrogen-bond acceptors (Lipinski definition) is 6. The van der Waals surface area contributed by atoms with Gasteiger partial charge in [0.1, 0.15) is 18.0 Å². The first-order chi connectivity index (χ1) is 15.7. The average molecular weight is 448 g/mol. The topological polar surface area (TPSA) is 96.8 Å². The zero-order chi connectivity index (χ0) is 22.2. The van der Waals surface area contributed by atoms with Crippen molar-refractivity contribution >= 4 is 29.3 Å². The summed E-state index contributed by atoms with van der Waals surface area (Å²) in [5.41, 5.74) is 2.08. The first kappa shape index (κ1) is 21.3. The molecule has 0 fully saturated rings. The third kappa shape index (κ3) is 6.05. The van der Waals surface area contributed by atoms with E-state index in [1.54, 1.807) is 41.5 Å². The molecule has 0 saturated heterocycles. The van der Waals surface area contributed by atoms with E-state index in [-0.39, 0.29) is 12.5 Å². The minimum Gasteiger partial charge on any atom is -0.361 e. The molecule has 0 spiro atoms. The Bertz CT molecular complexity index is 1150. The lowest BCUT2D eigenvalue weighted by molar-refractivity contribution is -0.119. The molecular formula is C23H22ClN7O. The van der Waals surface area contributed by atoms with Gasteiger partial charge in [0, 0.05) is 36.6 Å². The SMILES string of the molecule is O=C(CNc1cc(-n2ccnc2)nc(NCc2ccccc2)n1)NCc1ccc(Cl)cc1. The smallest absolute Gasteiger partial charge is 0.239 e. The van der Waals surface area contributed by atoms with Gasteiger partial charge in [0.15, 0.2) is 0 Å². The summed E-state index contributed by atoms with van der Waals surface area (Å²) in [7, 11) is 0. The normalized spacial score (nSPS) is 10.5. The number of aromatic nitrogens is 4. The number of carbonyl (C=O) groups excluding carboxylic acids is 1. The molecule has 0 radical (unpaired) electrons.